The van der Waals surface area contributed by atoms with Gasteiger partial charge in [-0.15, -0.1) is 0 Å². The summed E-state index contributed by atoms with van der Waals surface area (Å²) in [4.78, 5) is 0. The molecule has 1 saturated carbocycles. The Morgan fingerprint density at radius 3 is 2.71 bits per heavy atom. The van der Waals surface area contributed by atoms with Crippen molar-refractivity contribution in [3.05, 3.63) is 30.5 Å². The molecular weight excluding hydrogens is 210 g/mol. The van der Waals surface area contributed by atoms with Gasteiger partial charge in [0.1, 0.15) is 5.75 Å². The van der Waals surface area contributed by atoms with Gasteiger partial charge < -0.3 is 9.30 Å². The third kappa shape index (κ3) is 1.92. The SMILES string of the molecule is CC(C)Oc1ccc2ccn(C3CCC3)c2c1. The quantitative estimate of drug-likeness (QED) is 0.771. The van der Waals surface area contributed by atoms with Gasteiger partial charge >= 0.3 is 0 Å². The molecule has 0 radical (unpaired) electrons. The molecule has 0 bridgehead atoms. The second-order valence-corrected chi connectivity index (χ2v) is 5.19. The van der Waals surface area contributed by atoms with Crippen molar-refractivity contribution in [1.29, 1.82) is 0 Å². The summed E-state index contributed by atoms with van der Waals surface area (Å²) >= 11 is 0. The van der Waals surface area contributed by atoms with Crippen LogP contribution in [-0.4, -0.2) is 10.7 Å². The molecule has 1 aliphatic rings. The standard InChI is InChI=1S/C15H19NO/c1-11(2)17-14-7-6-12-8-9-16(15(12)10-14)13-4-3-5-13/h6-11,13H,3-5H2,1-2H3. The average Bonchev–Trinajstić information content (AvgIpc) is 2.58. The molecule has 1 aliphatic carbocycles. The Morgan fingerprint density at radius 2 is 2.06 bits per heavy atom. The molecule has 17 heavy (non-hydrogen) atoms. The van der Waals surface area contributed by atoms with Crippen LogP contribution in [0.3, 0.4) is 0 Å². The normalized spacial score (nSPS) is 16.4. The summed E-state index contributed by atoms with van der Waals surface area (Å²) in [6.07, 6.45) is 6.46. The maximum absolute atomic E-state index is 5.76. The van der Waals surface area contributed by atoms with Gasteiger partial charge in [-0.1, -0.05) is 0 Å². The van der Waals surface area contributed by atoms with E-state index in [1.165, 1.54) is 30.2 Å². The molecule has 90 valence electrons. The Balaban J connectivity index is 2.00. The Labute approximate surface area is 102 Å². The maximum Gasteiger partial charge on any atom is 0.121 e. The lowest BCUT2D eigenvalue weighted by atomic mass is 9.93. The predicted molar refractivity (Wildman–Crippen MR) is 70.6 cm³/mol. The van der Waals surface area contributed by atoms with E-state index in [1.54, 1.807) is 0 Å². The van der Waals surface area contributed by atoms with Gasteiger partial charge in [0.2, 0.25) is 0 Å². The number of aromatic nitrogens is 1. The second kappa shape index (κ2) is 4.10. The summed E-state index contributed by atoms with van der Waals surface area (Å²) in [5.74, 6) is 0.978. The molecule has 0 amide bonds. The molecule has 0 unspecified atom stereocenters. The van der Waals surface area contributed by atoms with E-state index in [9.17, 15) is 0 Å². The van der Waals surface area contributed by atoms with Crippen LogP contribution in [0.1, 0.15) is 39.2 Å². The first-order valence-corrected chi connectivity index (χ1v) is 6.51. The minimum absolute atomic E-state index is 0.236. The molecule has 0 atom stereocenters. The van der Waals surface area contributed by atoms with Crippen molar-refractivity contribution in [2.24, 2.45) is 0 Å². The van der Waals surface area contributed by atoms with Gasteiger partial charge in [0, 0.05) is 18.3 Å². The Morgan fingerprint density at radius 1 is 1.24 bits per heavy atom. The molecule has 3 rings (SSSR count). The highest BCUT2D eigenvalue weighted by Gasteiger charge is 2.20. The third-order valence-corrected chi connectivity index (χ3v) is 3.53. The van der Waals surface area contributed by atoms with E-state index in [4.69, 9.17) is 4.74 Å². The summed E-state index contributed by atoms with van der Waals surface area (Å²) in [5.41, 5.74) is 1.31. The van der Waals surface area contributed by atoms with Crippen LogP contribution >= 0.6 is 0 Å². The first-order chi connectivity index (χ1) is 8.24. The molecule has 0 spiro atoms. The summed E-state index contributed by atoms with van der Waals surface area (Å²) in [7, 11) is 0. The zero-order chi connectivity index (χ0) is 11.8. The monoisotopic (exact) mass is 229 g/mol. The van der Waals surface area contributed by atoms with Crippen LogP contribution in [-0.2, 0) is 0 Å². The molecule has 1 heterocycles. The summed E-state index contributed by atoms with van der Waals surface area (Å²) in [6, 6.07) is 9.30. The Kier molecular flexibility index (Phi) is 2.58. The fourth-order valence-corrected chi connectivity index (χ4v) is 2.46. The van der Waals surface area contributed by atoms with Crippen molar-refractivity contribution >= 4 is 10.9 Å². The fourth-order valence-electron chi connectivity index (χ4n) is 2.46. The molecule has 1 fully saturated rings. The van der Waals surface area contributed by atoms with Crippen LogP contribution in [0.5, 0.6) is 5.75 Å². The van der Waals surface area contributed by atoms with Gasteiger partial charge in [-0.3, -0.25) is 0 Å². The van der Waals surface area contributed by atoms with Crippen LogP contribution in [0.25, 0.3) is 10.9 Å². The van der Waals surface area contributed by atoms with Gasteiger partial charge in [-0.05, 0) is 56.7 Å². The smallest absolute Gasteiger partial charge is 0.121 e. The summed E-state index contributed by atoms with van der Waals surface area (Å²) in [6.45, 7) is 4.13. The third-order valence-electron chi connectivity index (χ3n) is 3.53. The molecule has 2 heteroatoms. The van der Waals surface area contributed by atoms with Crippen molar-refractivity contribution in [2.75, 3.05) is 0 Å². The van der Waals surface area contributed by atoms with Crippen molar-refractivity contribution in [2.45, 2.75) is 45.3 Å². The van der Waals surface area contributed by atoms with Gasteiger partial charge in [-0.2, -0.15) is 0 Å². The van der Waals surface area contributed by atoms with Crippen LogP contribution in [0.2, 0.25) is 0 Å². The molecule has 2 nitrogen and oxygen atoms in total. The van der Waals surface area contributed by atoms with E-state index >= 15 is 0 Å². The molecule has 1 aromatic carbocycles. The Bertz CT molecular complexity index is 523. The molecule has 1 aromatic heterocycles. The van der Waals surface area contributed by atoms with Gasteiger partial charge in [0.05, 0.1) is 11.6 Å². The highest BCUT2D eigenvalue weighted by molar-refractivity contribution is 5.81. The first-order valence-electron chi connectivity index (χ1n) is 6.51. The van der Waals surface area contributed by atoms with Gasteiger partial charge in [-0.25, -0.2) is 0 Å². The van der Waals surface area contributed by atoms with Crippen LogP contribution in [0.4, 0.5) is 0 Å². The van der Waals surface area contributed by atoms with Crippen LogP contribution < -0.4 is 4.74 Å². The lowest BCUT2D eigenvalue weighted by Gasteiger charge is -2.28. The predicted octanol–water partition coefficient (Wildman–Crippen LogP) is 4.15. The zero-order valence-electron chi connectivity index (χ0n) is 10.5. The molecule has 2 aromatic rings. The molecular formula is C15H19NO. The number of fused-ring (bicyclic) bond motifs is 1. The van der Waals surface area contributed by atoms with Crippen molar-refractivity contribution in [3.8, 4) is 5.75 Å². The van der Waals surface area contributed by atoms with Crippen LogP contribution in [0.15, 0.2) is 30.5 Å². The number of benzene rings is 1. The summed E-state index contributed by atoms with van der Waals surface area (Å²) < 4.78 is 8.17. The van der Waals surface area contributed by atoms with Gasteiger partial charge in [0.15, 0.2) is 0 Å². The number of nitrogens with zero attached hydrogens (tertiary/aromatic N) is 1. The van der Waals surface area contributed by atoms with Crippen LogP contribution in [0, 0.1) is 0 Å². The van der Waals surface area contributed by atoms with E-state index in [0.29, 0.717) is 6.04 Å². The van der Waals surface area contributed by atoms with Gasteiger partial charge in [0.25, 0.3) is 0 Å². The maximum atomic E-state index is 5.76. The van der Waals surface area contributed by atoms with E-state index in [1.807, 2.05) is 0 Å². The summed E-state index contributed by atoms with van der Waals surface area (Å²) in [5, 5.41) is 1.31. The Hall–Kier alpha value is -1.44. The van der Waals surface area contributed by atoms with Crippen molar-refractivity contribution in [1.82, 2.24) is 4.57 Å². The average molecular weight is 229 g/mol. The number of hydrogen-bond donors (Lipinski definition) is 0. The topological polar surface area (TPSA) is 14.2 Å². The highest BCUT2D eigenvalue weighted by Crippen LogP contribution is 2.35. The lowest BCUT2D eigenvalue weighted by molar-refractivity contribution is 0.242. The fraction of sp³-hybridized carbons (Fsp3) is 0.467. The van der Waals surface area contributed by atoms with Crippen molar-refractivity contribution in [3.63, 3.8) is 0 Å². The number of hydrogen-bond acceptors (Lipinski definition) is 1. The first kappa shape index (κ1) is 10.7. The number of rotatable bonds is 3. The minimum Gasteiger partial charge on any atom is -0.491 e. The molecule has 0 aliphatic heterocycles. The van der Waals surface area contributed by atoms with E-state index in [0.717, 1.165) is 5.75 Å². The van der Waals surface area contributed by atoms with E-state index < -0.39 is 0 Å². The highest BCUT2D eigenvalue weighted by atomic mass is 16.5. The van der Waals surface area contributed by atoms with E-state index in [-0.39, 0.29) is 6.10 Å². The minimum atomic E-state index is 0.236. The lowest BCUT2D eigenvalue weighted by Crippen LogP contribution is -2.15. The van der Waals surface area contributed by atoms with E-state index in [2.05, 4.69) is 48.9 Å². The molecule has 0 N–H and O–H groups in total. The largest absolute Gasteiger partial charge is 0.491 e. The second-order valence-electron chi connectivity index (χ2n) is 5.19. The van der Waals surface area contributed by atoms with Crippen molar-refractivity contribution < 1.29 is 4.74 Å². The zero-order valence-corrected chi connectivity index (χ0v) is 10.5. The molecule has 0 saturated heterocycles. The number of ether oxygens (including phenoxy) is 1.